The standard InChI is InChI=1S/C13H20O/c1-8(2)10-6-12-9(3)4-5-11(12)13(14)7-10/h6,8-9,11-12H,4-5,7H2,1-3H3. The van der Waals surface area contributed by atoms with Crippen molar-refractivity contribution in [3.8, 4) is 0 Å². The maximum atomic E-state index is 11.9. The maximum absolute atomic E-state index is 11.9. The second-order valence-electron chi connectivity index (χ2n) is 5.28. The predicted molar refractivity (Wildman–Crippen MR) is 57.9 cm³/mol. The van der Waals surface area contributed by atoms with Gasteiger partial charge in [-0.15, -0.1) is 0 Å². The topological polar surface area (TPSA) is 17.1 Å². The Kier molecular flexibility index (Phi) is 2.50. The number of carbonyl (C=O) groups excluding carboxylic acids is 1. The molecule has 0 spiro atoms. The Bertz CT molecular complexity index is 275. The normalized spacial score (nSPS) is 37.3. The zero-order valence-corrected chi connectivity index (χ0v) is 9.42. The third-order valence-corrected chi connectivity index (χ3v) is 3.99. The first-order valence-electron chi connectivity index (χ1n) is 5.83. The lowest BCUT2D eigenvalue weighted by Gasteiger charge is -2.27. The van der Waals surface area contributed by atoms with Crippen LogP contribution in [-0.2, 0) is 4.79 Å². The molecular formula is C13H20O. The molecule has 78 valence electrons. The van der Waals surface area contributed by atoms with Crippen LogP contribution >= 0.6 is 0 Å². The summed E-state index contributed by atoms with van der Waals surface area (Å²) in [5.74, 6) is 2.71. The fourth-order valence-electron chi connectivity index (χ4n) is 2.91. The predicted octanol–water partition coefficient (Wildman–Crippen LogP) is 3.20. The minimum Gasteiger partial charge on any atom is -0.299 e. The van der Waals surface area contributed by atoms with Crippen molar-refractivity contribution in [1.29, 1.82) is 0 Å². The van der Waals surface area contributed by atoms with E-state index in [2.05, 4.69) is 26.8 Å². The highest BCUT2D eigenvalue weighted by molar-refractivity contribution is 5.85. The van der Waals surface area contributed by atoms with Crippen LogP contribution < -0.4 is 0 Å². The number of fused-ring (bicyclic) bond motifs is 1. The summed E-state index contributed by atoms with van der Waals surface area (Å²) in [5.41, 5.74) is 1.38. The lowest BCUT2D eigenvalue weighted by Crippen LogP contribution is -2.26. The van der Waals surface area contributed by atoms with E-state index in [-0.39, 0.29) is 0 Å². The number of Topliss-reactive ketones (excluding diaryl/α,β-unsaturated/α-hetero) is 1. The Balaban J connectivity index is 2.26. The number of ketones is 1. The molecule has 0 radical (unpaired) electrons. The highest BCUT2D eigenvalue weighted by Gasteiger charge is 2.39. The summed E-state index contributed by atoms with van der Waals surface area (Å²) in [5, 5.41) is 0. The van der Waals surface area contributed by atoms with E-state index in [0.717, 1.165) is 18.8 Å². The summed E-state index contributed by atoms with van der Waals surface area (Å²) in [6, 6.07) is 0. The van der Waals surface area contributed by atoms with Crippen molar-refractivity contribution >= 4 is 5.78 Å². The molecule has 0 aromatic heterocycles. The molecule has 1 saturated carbocycles. The van der Waals surface area contributed by atoms with Crippen LogP contribution in [-0.4, -0.2) is 5.78 Å². The van der Waals surface area contributed by atoms with Gasteiger partial charge < -0.3 is 0 Å². The molecule has 0 N–H and O–H groups in total. The molecule has 0 saturated heterocycles. The molecule has 1 nitrogen and oxygen atoms in total. The highest BCUT2D eigenvalue weighted by atomic mass is 16.1. The fraction of sp³-hybridized carbons (Fsp3) is 0.769. The van der Waals surface area contributed by atoms with E-state index < -0.39 is 0 Å². The molecule has 2 aliphatic rings. The molecule has 0 heterocycles. The Hall–Kier alpha value is -0.590. The van der Waals surface area contributed by atoms with Crippen molar-refractivity contribution in [2.24, 2.45) is 23.7 Å². The van der Waals surface area contributed by atoms with Gasteiger partial charge in [0, 0.05) is 12.3 Å². The fourth-order valence-corrected chi connectivity index (χ4v) is 2.91. The molecule has 1 heteroatoms. The summed E-state index contributed by atoms with van der Waals surface area (Å²) in [4.78, 5) is 11.9. The number of rotatable bonds is 1. The largest absolute Gasteiger partial charge is 0.299 e. The van der Waals surface area contributed by atoms with E-state index >= 15 is 0 Å². The first kappa shape index (κ1) is 9.95. The number of hydrogen-bond acceptors (Lipinski definition) is 1. The second-order valence-corrected chi connectivity index (χ2v) is 5.28. The summed E-state index contributed by atoms with van der Waals surface area (Å²) in [7, 11) is 0. The van der Waals surface area contributed by atoms with Crippen molar-refractivity contribution in [3.05, 3.63) is 11.6 Å². The van der Waals surface area contributed by atoms with E-state index in [4.69, 9.17) is 0 Å². The molecule has 0 aliphatic heterocycles. The average molecular weight is 192 g/mol. The number of allylic oxidation sites excluding steroid dienone is 2. The van der Waals surface area contributed by atoms with Crippen LogP contribution in [0.2, 0.25) is 0 Å². The molecule has 0 bridgehead atoms. The molecule has 3 unspecified atom stereocenters. The zero-order valence-electron chi connectivity index (χ0n) is 9.42. The van der Waals surface area contributed by atoms with Gasteiger partial charge in [-0.2, -0.15) is 0 Å². The van der Waals surface area contributed by atoms with Crippen molar-refractivity contribution in [2.75, 3.05) is 0 Å². The summed E-state index contributed by atoms with van der Waals surface area (Å²) >= 11 is 0. The van der Waals surface area contributed by atoms with Gasteiger partial charge in [0.15, 0.2) is 0 Å². The van der Waals surface area contributed by atoms with Crippen LogP contribution in [0.5, 0.6) is 0 Å². The van der Waals surface area contributed by atoms with Crippen LogP contribution in [0.4, 0.5) is 0 Å². The Morgan fingerprint density at radius 3 is 2.71 bits per heavy atom. The van der Waals surface area contributed by atoms with E-state index in [1.807, 2.05) is 0 Å². The zero-order chi connectivity index (χ0) is 10.3. The molecule has 3 atom stereocenters. The molecule has 1 fully saturated rings. The van der Waals surface area contributed by atoms with Gasteiger partial charge in [0.2, 0.25) is 0 Å². The van der Waals surface area contributed by atoms with Crippen LogP contribution in [0.15, 0.2) is 11.6 Å². The van der Waals surface area contributed by atoms with Gasteiger partial charge in [-0.3, -0.25) is 4.79 Å². The molecule has 14 heavy (non-hydrogen) atoms. The van der Waals surface area contributed by atoms with Crippen molar-refractivity contribution in [2.45, 2.75) is 40.0 Å². The average Bonchev–Trinajstić information content (AvgIpc) is 2.48. The minimum absolute atomic E-state index is 0.368. The van der Waals surface area contributed by atoms with Crippen molar-refractivity contribution < 1.29 is 4.79 Å². The maximum Gasteiger partial charge on any atom is 0.140 e. The van der Waals surface area contributed by atoms with Crippen LogP contribution in [0.1, 0.15) is 40.0 Å². The third-order valence-electron chi connectivity index (χ3n) is 3.99. The van der Waals surface area contributed by atoms with E-state index in [1.165, 1.54) is 12.0 Å². The lowest BCUT2D eigenvalue weighted by molar-refractivity contribution is -0.123. The Morgan fingerprint density at radius 2 is 2.07 bits per heavy atom. The Labute approximate surface area is 86.6 Å². The van der Waals surface area contributed by atoms with Gasteiger partial charge in [-0.05, 0) is 30.6 Å². The van der Waals surface area contributed by atoms with Crippen molar-refractivity contribution in [1.82, 2.24) is 0 Å². The van der Waals surface area contributed by atoms with E-state index in [9.17, 15) is 4.79 Å². The van der Waals surface area contributed by atoms with Crippen LogP contribution in [0.3, 0.4) is 0 Å². The molecule has 0 aromatic rings. The van der Waals surface area contributed by atoms with E-state index in [1.54, 1.807) is 0 Å². The number of hydrogen-bond donors (Lipinski definition) is 0. The van der Waals surface area contributed by atoms with Gasteiger partial charge in [-0.1, -0.05) is 32.4 Å². The molecule has 2 rings (SSSR count). The lowest BCUT2D eigenvalue weighted by atomic mass is 9.77. The minimum atomic E-state index is 0.368. The summed E-state index contributed by atoms with van der Waals surface area (Å²) in [6.07, 6.45) is 5.51. The molecule has 2 aliphatic carbocycles. The highest BCUT2D eigenvalue weighted by Crippen LogP contribution is 2.43. The quantitative estimate of drug-likeness (QED) is 0.583. The Morgan fingerprint density at radius 1 is 1.36 bits per heavy atom. The second kappa shape index (κ2) is 3.52. The molecule has 0 aromatic carbocycles. The first-order valence-corrected chi connectivity index (χ1v) is 5.83. The van der Waals surface area contributed by atoms with Gasteiger partial charge in [0.05, 0.1) is 0 Å². The van der Waals surface area contributed by atoms with E-state index in [0.29, 0.717) is 23.5 Å². The third kappa shape index (κ3) is 1.53. The van der Waals surface area contributed by atoms with Gasteiger partial charge >= 0.3 is 0 Å². The molecular weight excluding hydrogens is 172 g/mol. The SMILES string of the molecule is CC(C)C1=CC2C(C)CCC2C(=O)C1. The van der Waals surface area contributed by atoms with Crippen LogP contribution in [0, 0.1) is 23.7 Å². The monoisotopic (exact) mass is 192 g/mol. The van der Waals surface area contributed by atoms with Gasteiger partial charge in [0.25, 0.3) is 0 Å². The molecule has 0 amide bonds. The van der Waals surface area contributed by atoms with Gasteiger partial charge in [0.1, 0.15) is 5.78 Å². The van der Waals surface area contributed by atoms with Crippen LogP contribution in [0.25, 0.3) is 0 Å². The smallest absolute Gasteiger partial charge is 0.140 e. The van der Waals surface area contributed by atoms with Crippen molar-refractivity contribution in [3.63, 3.8) is 0 Å². The summed E-state index contributed by atoms with van der Waals surface area (Å²) in [6.45, 7) is 6.68. The number of carbonyl (C=O) groups is 1. The first-order chi connectivity index (χ1) is 6.59. The summed E-state index contributed by atoms with van der Waals surface area (Å²) < 4.78 is 0. The van der Waals surface area contributed by atoms with Gasteiger partial charge in [-0.25, -0.2) is 0 Å².